The molecule has 0 aliphatic heterocycles. The Kier molecular flexibility index (Phi) is 5.88. The minimum Gasteiger partial charge on any atom is -0.437 e. The predicted molar refractivity (Wildman–Crippen MR) is 134 cm³/mol. The van der Waals surface area contributed by atoms with Crippen molar-refractivity contribution < 1.29 is 9.21 Å². The first-order chi connectivity index (χ1) is 16.0. The molecule has 1 aliphatic rings. The van der Waals surface area contributed by atoms with Crippen LogP contribution in [0.3, 0.4) is 0 Å². The van der Waals surface area contributed by atoms with E-state index < -0.39 is 0 Å². The van der Waals surface area contributed by atoms with Crippen LogP contribution < -0.4 is 10.9 Å². The van der Waals surface area contributed by atoms with Gasteiger partial charge in [-0.05, 0) is 74.6 Å². The molecule has 33 heavy (non-hydrogen) atoms. The number of fused-ring (bicyclic) bond motifs is 2. The second-order valence-electron chi connectivity index (χ2n) is 8.08. The van der Waals surface area contributed by atoms with Crippen LogP contribution in [0, 0.1) is 18.3 Å². The average Bonchev–Trinajstić information content (AvgIpc) is 3.17. The van der Waals surface area contributed by atoms with Gasteiger partial charge in [-0.1, -0.05) is 33.6 Å². The fraction of sp³-hybridized carbons (Fsp3) is 0.192. The number of nitrogens with one attached hydrogen (secondary N) is 1. The number of halogens is 1. The smallest absolute Gasteiger partial charge is 0.261 e. The number of nitriles is 1. The van der Waals surface area contributed by atoms with Crippen molar-refractivity contribution in [3.8, 4) is 6.07 Å². The Morgan fingerprint density at radius 3 is 2.73 bits per heavy atom. The summed E-state index contributed by atoms with van der Waals surface area (Å²) in [5.41, 5.74) is 4.63. The summed E-state index contributed by atoms with van der Waals surface area (Å²) in [5, 5.41) is 14.1. The molecule has 2 aromatic carbocycles. The molecule has 5 rings (SSSR count). The van der Waals surface area contributed by atoms with Crippen molar-refractivity contribution in [2.45, 2.75) is 32.6 Å². The highest BCUT2D eigenvalue weighted by Crippen LogP contribution is 2.39. The first-order valence-corrected chi connectivity index (χ1v) is 12.3. The number of benzene rings is 2. The molecular weight excluding hydrogens is 498 g/mol. The van der Waals surface area contributed by atoms with E-state index in [2.05, 4.69) is 27.3 Å². The maximum Gasteiger partial charge on any atom is 0.261 e. The third kappa shape index (κ3) is 4.37. The van der Waals surface area contributed by atoms with Crippen LogP contribution in [-0.2, 0) is 12.8 Å². The molecule has 0 radical (unpaired) electrons. The Bertz CT molecular complexity index is 1490. The standard InChI is InChI=1S/C26H20BrN3O2S/c1-15-6-9-18(10-7-15)29-24(31)20-13-16-12-17(27)8-11-22(16)32-25(20)30-26-21(14-28)19-4-2-3-5-23(19)33-26/h6-13H,2-5H2,1H3,(H,29,31)/b30-25-. The number of nitrogens with zero attached hydrogens (tertiary/aromatic N) is 2. The summed E-state index contributed by atoms with van der Waals surface area (Å²) < 4.78 is 7.00. The number of hydrogen-bond donors (Lipinski definition) is 1. The van der Waals surface area contributed by atoms with Gasteiger partial charge in [0.05, 0.1) is 5.56 Å². The summed E-state index contributed by atoms with van der Waals surface area (Å²) in [6.07, 6.45) is 4.07. The molecule has 0 atom stereocenters. The summed E-state index contributed by atoms with van der Waals surface area (Å²) in [7, 11) is 0. The Morgan fingerprint density at radius 2 is 1.94 bits per heavy atom. The lowest BCUT2D eigenvalue weighted by Gasteiger charge is -2.09. The predicted octanol–water partition coefficient (Wildman–Crippen LogP) is 6.80. The van der Waals surface area contributed by atoms with Gasteiger partial charge < -0.3 is 9.73 Å². The van der Waals surface area contributed by atoms with Gasteiger partial charge in [0.2, 0.25) is 5.55 Å². The van der Waals surface area contributed by atoms with Crippen molar-refractivity contribution >= 4 is 54.8 Å². The van der Waals surface area contributed by atoms with E-state index in [-0.39, 0.29) is 11.5 Å². The lowest BCUT2D eigenvalue weighted by molar-refractivity contribution is 0.102. The Morgan fingerprint density at radius 1 is 1.15 bits per heavy atom. The molecular formula is C26H20BrN3O2S. The quantitative estimate of drug-likeness (QED) is 0.324. The minimum atomic E-state index is -0.317. The van der Waals surface area contributed by atoms with Crippen molar-refractivity contribution in [2.24, 2.45) is 4.99 Å². The number of amides is 1. The summed E-state index contributed by atoms with van der Waals surface area (Å²) >= 11 is 5.00. The molecule has 1 N–H and O–H groups in total. The van der Waals surface area contributed by atoms with E-state index in [1.54, 1.807) is 6.07 Å². The highest BCUT2D eigenvalue weighted by atomic mass is 79.9. The Hall–Kier alpha value is -3.21. The molecule has 4 aromatic rings. The summed E-state index contributed by atoms with van der Waals surface area (Å²) in [6.45, 7) is 2.00. The van der Waals surface area contributed by atoms with E-state index in [4.69, 9.17) is 9.41 Å². The Labute approximate surface area is 203 Å². The number of thiophene rings is 1. The SMILES string of the molecule is Cc1ccc(NC(=O)c2cc3cc(Br)ccc3o/c2=N\c2sc3c(c2C#N)CCCC3)cc1. The number of hydrogen-bond acceptors (Lipinski definition) is 5. The van der Waals surface area contributed by atoms with Gasteiger partial charge in [-0.2, -0.15) is 5.26 Å². The fourth-order valence-corrected chi connectivity index (χ4v) is 5.61. The monoisotopic (exact) mass is 517 g/mol. The molecule has 0 saturated carbocycles. The van der Waals surface area contributed by atoms with E-state index in [1.165, 1.54) is 16.2 Å². The maximum absolute atomic E-state index is 13.3. The van der Waals surface area contributed by atoms with Crippen LogP contribution in [0.2, 0.25) is 0 Å². The number of carbonyl (C=O) groups excluding carboxylic acids is 1. The summed E-state index contributed by atoms with van der Waals surface area (Å²) in [5.74, 6) is -0.317. The number of rotatable bonds is 3. The number of carbonyl (C=O) groups is 1. The van der Waals surface area contributed by atoms with Gasteiger partial charge in [0.25, 0.3) is 5.91 Å². The number of aryl methyl sites for hydroxylation is 2. The first kappa shape index (κ1) is 21.6. The topological polar surface area (TPSA) is 78.4 Å². The van der Waals surface area contributed by atoms with E-state index >= 15 is 0 Å². The number of anilines is 1. The minimum absolute atomic E-state index is 0.199. The van der Waals surface area contributed by atoms with Crippen LogP contribution in [-0.4, -0.2) is 5.91 Å². The molecule has 0 fully saturated rings. The summed E-state index contributed by atoms with van der Waals surface area (Å²) in [6, 6.07) is 17.3. The van der Waals surface area contributed by atoms with Gasteiger partial charge in [-0.3, -0.25) is 4.79 Å². The fourth-order valence-electron chi connectivity index (χ4n) is 4.02. The molecule has 1 amide bonds. The molecule has 2 heterocycles. The van der Waals surface area contributed by atoms with E-state index in [1.807, 2.05) is 49.4 Å². The Balaban J connectivity index is 1.67. The zero-order valence-electron chi connectivity index (χ0n) is 17.9. The average molecular weight is 518 g/mol. The van der Waals surface area contributed by atoms with Crippen molar-refractivity contribution in [3.63, 3.8) is 0 Å². The van der Waals surface area contributed by atoms with Gasteiger partial charge in [-0.15, -0.1) is 11.3 Å². The molecule has 0 bridgehead atoms. The van der Waals surface area contributed by atoms with Crippen molar-refractivity contribution in [2.75, 3.05) is 5.32 Å². The van der Waals surface area contributed by atoms with Gasteiger partial charge >= 0.3 is 0 Å². The molecule has 0 spiro atoms. The lowest BCUT2D eigenvalue weighted by Crippen LogP contribution is -2.21. The molecule has 2 aromatic heterocycles. The van der Waals surface area contributed by atoms with Crippen LogP contribution in [0.5, 0.6) is 0 Å². The highest BCUT2D eigenvalue weighted by Gasteiger charge is 2.21. The van der Waals surface area contributed by atoms with Gasteiger partial charge in [0, 0.05) is 20.4 Å². The zero-order chi connectivity index (χ0) is 22.9. The van der Waals surface area contributed by atoms with Gasteiger partial charge in [0.15, 0.2) is 0 Å². The van der Waals surface area contributed by atoms with Crippen LogP contribution in [0.25, 0.3) is 11.0 Å². The molecule has 0 unspecified atom stereocenters. The van der Waals surface area contributed by atoms with Crippen molar-refractivity contribution in [3.05, 3.63) is 85.7 Å². The van der Waals surface area contributed by atoms with Crippen molar-refractivity contribution in [1.29, 1.82) is 5.26 Å². The second kappa shape index (κ2) is 8.97. The van der Waals surface area contributed by atoms with E-state index in [0.29, 0.717) is 27.4 Å². The van der Waals surface area contributed by atoms with Crippen LogP contribution in [0.15, 0.2) is 62.4 Å². The maximum atomic E-state index is 13.3. The molecule has 1 aliphatic carbocycles. The van der Waals surface area contributed by atoms with Gasteiger partial charge in [0.1, 0.15) is 22.2 Å². The van der Waals surface area contributed by atoms with E-state index in [9.17, 15) is 10.1 Å². The molecule has 5 nitrogen and oxygen atoms in total. The third-order valence-corrected chi connectivity index (χ3v) is 7.41. The first-order valence-electron chi connectivity index (χ1n) is 10.7. The largest absolute Gasteiger partial charge is 0.437 e. The van der Waals surface area contributed by atoms with Crippen LogP contribution in [0.1, 0.15) is 44.8 Å². The van der Waals surface area contributed by atoms with Crippen LogP contribution >= 0.6 is 27.3 Å². The molecule has 0 saturated heterocycles. The van der Waals surface area contributed by atoms with E-state index in [0.717, 1.165) is 46.7 Å². The second-order valence-corrected chi connectivity index (χ2v) is 10.1. The molecule has 7 heteroatoms. The van der Waals surface area contributed by atoms with Crippen molar-refractivity contribution in [1.82, 2.24) is 0 Å². The highest BCUT2D eigenvalue weighted by molar-refractivity contribution is 9.10. The van der Waals surface area contributed by atoms with Crippen LogP contribution in [0.4, 0.5) is 10.7 Å². The molecule has 164 valence electrons. The zero-order valence-corrected chi connectivity index (χ0v) is 20.3. The van der Waals surface area contributed by atoms with Gasteiger partial charge in [-0.25, -0.2) is 4.99 Å². The third-order valence-electron chi connectivity index (χ3n) is 5.73. The normalized spacial score (nSPS) is 13.5. The lowest BCUT2D eigenvalue weighted by atomic mass is 9.96. The summed E-state index contributed by atoms with van der Waals surface area (Å²) in [4.78, 5) is 19.2.